The first-order valence-corrected chi connectivity index (χ1v) is 6.85. The molecule has 0 N–H and O–H groups in total. The van der Waals surface area contributed by atoms with Crippen molar-refractivity contribution < 1.29 is 4.74 Å². The summed E-state index contributed by atoms with van der Waals surface area (Å²) >= 11 is 0. The summed E-state index contributed by atoms with van der Waals surface area (Å²) in [5, 5.41) is 0. The van der Waals surface area contributed by atoms with E-state index in [1.54, 1.807) is 7.11 Å². The van der Waals surface area contributed by atoms with Crippen LogP contribution in [0.2, 0.25) is 0 Å². The Balaban J connectivity index is 2.09. The van der Waals surface area contributed by atoms with Crippen molar-refractivity contribution in [3.05, 3.63) is 29.8 Å². The fourth-order valence-electron chi connectivity index (χ4n) is 2.03. The number of aryl methyl sites for hydroxylation is 1. The molecule has 0 radical (unpaired) electrons. The Kier molecular flexibility index (Phi) is 6.76. The summed E-state index contributed by atoms with van der Waals surface area (Å²) < 4.78 is 5.15. The van der Waals surface area contributed by atoms with Gasteiger partial charge in [0.05, 0.1) is 7.11 Å². The smallest absolute Gasteiger partial charge is 0.118 e. The van der Waals surface area contributed by atoms with Crippen LogP contribution < -0.4 is 4.74 Å². The van der Waals surface area contributed by atoms with E-state index in [2.05, 4.69) is 26.0 Å². The van der Waals surface area contributed by atoms with Gasteiger partial charge in [0.1, 0.15) is 5.75 Å². The van der Waals surface area contributed by atoms with Gasteiger partial charge in [-0.15, -0.1) is 0 Å². The van der Waals surface area contributed by atoms with Crippen LogP contribution in [-0.4, -0.2) is 7.11 Å². The van der Waals surface area contributed by atoms with Gasteiger partial charge in [0.15, 0.2) is 0 Å². The molecule has 1 aromatic carbocycles. The lowest BCUT2D eigenvalue weighted by Crippen LogP contribution is -1.89. The molecule has 0 saturated carbocycles. The van der Waals surface area contributed by atoms with Gasteiger partial charge in [0.2, 0.25) is 0 Å². The number of rotatable bonds is 8. The number of benzene rings is 1. The number of methoxy groups -OCH3 is 1. The Morgan fingerprint density at radius 1 is 0.941 bits per heavy atom. The van der Waals surface area contributed by atoms with Crippen molar-refractivity contribution in [2.45, 2.75) is 52.4 Å². The predicted molar refractivity (Wildman–Crippen MR) is 74.6 cm³/mol. The minimum absolute atomic E-state index is 0.858. The van der Waals surface area contributed by atoms with Crippen molar-refractivity contribution in [3.63, 3.8) is 0 Å². The molecule has 0 spiro atoms. The standard InChI is InChI=1S/C16H26O/c1-14(2)8-6-4-5-7-9-15-10-12-16(17-3)13-11-15/h10-14H,4-9H2,1-3H3. The van der Waals surface area contributed by atoms with E-state index in [0.29, 0.717) is 0 Å². The summed E-state index contributed by atoms with van der Waals surface area (Å²) in [5.41, 5.74) is 1.43. The maximum absolute atomic E-state index is 5.15. The van der Waals surface area contributed by atoms with Crippen LogP contribution in [0, 0.1) is 5.92 Å². The van der Waals surface area contributed by atoms with Gasteiger partial charge in [-0.3, -0.25) is 0 Å². The third-order valence-electron chi connectivity index (χ3n) is 3.16. The second kappa shape index (κ2) is 8.16. The van der Waals surface area contributed by atoms with E-state index in [4.69, 9.17) is 4.74 Å². The fraction of sp³-hybridized carbons (Fsp3) is 0.625. The summed E-state index contributed by atoms with van der Waals surface area (Å²) in [4.78, 5) is 0. The molecule has 0 aliphatic heterocycles. The Labute approximate surface area is 106 Å². The molecule has 0 unspecified atom stereocenters. The molecule has 1 rings (SSSR count). The van der Waals surface area contributed by atoms with E-state index in [-0.39, 0.29) is 0 Å². The summed E-state index contributed by atoms with van der Waals surface area (Å²) in [7, 11) is 1.71. The van der Waals surface area contributed by atoms with Gasteiger partial charge in [0.25, 0.3) is 0 Å². The maximum atomic E-state index is 5.15. The SMILES string of the molecule is COc1ccc(CCCCCCC(C)C)cc1. The van der Waals surface area contributed by atoms with Crippen molar-refractivity contribution in [2.24, 2.45) is 5.92 Å². The lowest BCUT2D eigenvalue weighted by molar-refractivity contribution is 0.414. The van der Waals surface area contributed by atoms with Crippen LogP contribution in [0.25, 0.3) is 0 Å². The normalized spacial score (nSPS) is 10.8. The zero-order valence-electron chi connectivity index (χ0n) is 11.5. The van der Waals surface area contributed by atoms with Gasteiger partial charge in [-0.05, 0) is 36.5 Å². The van der Waals surface area contributed by atoms with Gasteiger partial charge in [0, 0.05) is 0 Å². The van der Waals surface area contributed by atoms with Gasteiger partial charge in [-0.1, -0.05) is 51.7 Å². The molecule has 0 bridgehead atoms. The quantitative estimate of drug-likeness (QED) is 0.585. The molecule has 0 heterocycles. The molecular formula is C16H26O. The summed E-state index contributed by atoms with van der Waals surface area (Å²) in [6.07, 6.45) is 8.02. The molecule has 17 heavy (non-hydrogen) atoms. The van der Waals surface area contributed by atoms with Gasteiger partial charge in [-0.2, -0.15) is 0 Å². The van der Waals surface area contributed by atoms with E-state index in [1.807, 2.05) is 12.1 Å². The lowest BCUT2D eigenvalue weighted by Gasteiger charge is -2.05. The summed E-state index contributed by atoms with van der Waals surface area (Å²) in [6, 6.07) is 8.45. The highest BCUT2D eigenvalue weighted by Crippen LogP contribution is 2.15. The average molecular weight is 234 g/mol. The van der Waals surface area contributed by atoms with Crippen molar-refractivity contribution in [3.8, 4) is 5.75 Å². The zero-order chi connectivity index (χ0) is 12.5. The first-order chi connectivity index (χ1) is 8.22. The molecule has 0 amide bonds. The minimum atomic E-state index is 0.858. The number of hydrogen-bond donors (Lipinski definition) is 0. The van der Waals surface area contributed by atoms with Gasteiger partial charge in [-0.25, -0.2) is 0 Å². The molecule has 96 valence electrons. The average Bonchev–Trinajstić information content (AvgIpc) is 2.34. The monoisotopic (exact) mass is 234 g/mol. The summed E-state index contributed by atoms with van der Waals surface area (Å²) in [5.74, 6) is 1.81. The molecule has 1 nitrogen and oxygen atoms in total. The molecule has 0 aliphatic rings. The minimum Gasteiger partial charge on any atom is -0.497 e. The van der Waals surface area contributed by atoms with Crippen LogP contribution in [-0.2, 0) is 6.42 Å². The molecule has 0 aliphatic carbocycles. The number of ether oxygens (including phenoxy) is 1. The Hall–Kier alpha value is -0.980. The predicted octanol–water partition coefficient (Wildman–Crippen LogP) is 4.84. The van der Waals surface area contributed by atoms with Gasteiger partial charge >= 0.3 is 0 Å². The first kappa shape index (κ1) is 14.1. The van der Waals surface area contributed by atoms with Crippen molar-refractivity contribution in [2.75, 3.05) is 7.11 Å². The van der Waals surface area contributed by atoms with Crippen molar-refractivity contribution >= 4 is 0 Å². The van der Waals surface area contributed by atoms with E-state index < -0.39 is 0 Å². The highest BCUT2D eigenvalue weighted by Gasteiger charge is 1.97. The zero-order valence-corrected chi connectivity index (χ0v) is 11.5. The third kappa shape index (κ3) is 6.35. The molecule has 0 saturated heterocycles. The molecule has 1 heteroatoms. The highest BCUT2D eigenvalue weighted by atomic mass is 16.5. The van der Waals surface area contributed by atoms with Crippen molar-refractivity contribution in [1.29, 1.82) is 0 Å². The topological polar surface area (TPSA) is 9.23 Å². The van der Waals surface area contributed by atoms with Crippen LogP contribution in [0.4, 0.5) is 0 Å². The third-order valence-corrected chi connectivity index (χ3v) is 3.16. The van der Waals surface area contributed by atoms with E-state index in [9.17, 15) is 0 Å². The molecular weight excluding hydrogens is 208 g/mol. The molecule has 0 atom stereocenters. The lowest BCUT2D eigenvalue weighted by atomic mass is 10.0. The summed E-state index contributed by atoms with van der Waals surface area (Å²) in [6.45, 7) is 4.61. The maximum Gasteiger partial charge on any atom is 0.118 e. The van der Waals surface area contributed by atoms with Crippen LogP contribution in [0.3, 0.4) is 0 Å². The Morgan fingerprint density at radius 2 is 1.59 bits per heavy atom. The first-order valence-electron chi connectivity index (χ1n) is 6.85. The largest absolute Gasteiger partial charge is 0.497 e. The fourth-order valence-corrected chi connectivity index (χ4v) is 2.03. The number of unbranched alkanes of at least 4 members (excludes halogenated alkanes) is 3. The molecule has 0 fully saturated rings. The van der Waals surface area contributed by atoms with Crippen LogP contribution in [0.5, 0.6) is 5.75 Å². The number of hydrogen-bond acceptors (Lipinski definition) is 1. The van der Waals surface area contributed by atoms with Gasteiger partial charge < -0.3 is 4.74 Å². The van der Waals surface area contributed by atoms with E-state index in [0.717, 1.165) is 11.7 Å². The highest BCUT2D eigenvalue weighted by molar-refractivity contribution is 5.27. The van der Waals surface area contributed by atoms with Crippen LogP contribution >= 0.6 is 0 Å². The second-order valence-corrected chi connectivity index (χ2v) is 5.19. The Bertz CT molecular complexity index is 287. The van der Waals surface area contributed by atoms with Crippen molar-refractivity contribution in [1.82, 2.24) is 0 Å². The Morgan fingerprint density at radius 3 is 2.18 bits per heavy atom. The second-order valence-electron chi connectivity index (χ2n) is 5.19. The van der Waals surface area contributed by atoms with Crippen LogP contribution in [0.1, 0.15) is 51.5 Å². The van der Waals surface area contributed by atoms with Crippen LogP contribution in [0.15, 0.2) is 24.3 Å². The molecule has 0 aromatic heterocycles. The molecule has 1 aromatic rings. The van der Waals surface area contributed by atoms with E-state index in [1.165, 1.54) is 44.1 Å². The van der Waals surface area contributed by atoms with E-state index >= 15 is 0 Å².